The predicted octanol–water partition coefficient (Wildman–Crippen LogP) is 4.73. The van der Waals surface area contributed by atoms with Crippen LogP contribution in [0.25, 0.3) is 0 Å². The van der Waals surface area contributed by atoms with E-state index < -0.39 is 21.8 Å². The number of nitrogens with zero attached hydrogens (tertiary/aromatic N) is 1. The van der Waals surface area contributed by atoms with Gasteiger partial charge in [0.25, 0.3) is 0 Å². The fourth-order valence-corrected chi connectivity index (χ4v) is 5.28. The number of rotatable bonds is 13. The molecule has 0 saturated carbocycles. The van der Waals surface area contributed by atoms with Crippen molar-refractivity contribution in [2.75, 3.05) is 33.9 Å². The van der Waals surface area contributed by atoms with Gasteiger partial charge in [-0.05, 0) is 82.1 Å². The molecular weight excluding hydrogens is 469 g/mol. The topological polar surface area (TPSA) is 67.9 Å². The Labute approximate surface area is 200 Å². The van der Waals surface area contributed by atoms with Crippen molar-refractivity contribution in [3.8, 4) is 11.5 Å². The maximum atomic E-state index is 13.0. The van der Waals surface area contributed by atoms with Gasteiger partial charge < -0.3 is 14.8 Å². The molecule has 2 aromatic carbocycles. The number of hydrogen-bond donors (Lipinski definition) is 1. The highest BCUT2D eigenvalue weighted by Gasteiger charge is 2.33. The van der Waals surface area contributed by atoms with Gasteiger partial charge in [0.15, 0.2) is 11.5 Å². The molecule has 0 spiro atoms. The molecule has 0 saturated heterocycles. The second-order valence-corrected chi connectivity index (χ2v) is 10.0. The van der Waals surface area contributed by atoms with E-state index >= 15 is 0 Å². The van der Waals surface area contributed by atoms with Crippen LogP contribution in [0.3, 0.4) is 0 Å². The summed E-state index contributed by atoms with van der Waals surface area (Å²) in [6.07, 6.45) is -2.34. The standard InChI is InChI=1S/C24H33F3N2O4S/c1-18(2)29(34(30,31)21-10-5-9-20(17-21)24(25,26)27)15-7-14-28-13-6-8-19-11-12-22(32-3)23(16-19)33-4/h5,9-12,16-18,28H,6-8,13-15H2,1-4H3. The van der Waals surface area contributed by atoms with Crippen molar-refractivity contribution in [1.82, 2.24) is 9.62 Å². The lowest BCUT2D eigenvalue weighted by Crippen LogP contribution is -2.38. The fraction of sp³-hybridized carbons (Fsp3) is 0.500. The second kappa shape index (κ2) is 12.4. The number of halogens is 3. The summed E-state index contributed by atoms with van der Waals surface area (Å²) in [5.74, 6) is 1.36. The highest BCUT2D eigenvalue weighted by molar-refractivity contribution is 7.89. The summed E-state index contributed by atoms with van der Waals surface area (Å²) in [7, 11) is -0.861. The molecule has 190 valence electrons. The first-order valence-electron chi connectivity index (χ1n) is 11.1. The molecule has 0 heterocycles. The van der Waals surface area contributed by atoms with Crippen LogP contribution in [0.15, 0.2) is 47.4 Å². The molecule has 0 radical (unpaired) electrons. The van der Waals surface area contributed by atoms with E-state index in [9.17, 15) is 21.6 Å². The van der Waals surface area contributed by atoms with Crippen LogP contribution in [0.2, 0.25) is 0 Å². The van der Waals surface area contributed by atoms with E-state index in [-0.39, 0.29) is 17.5 Å². The quantitative estimate of drug-likeness (QED) is 0.401. The lowest BCUT2D eigenvalue weighted by molar-refractivity contribution is -0.137. The third-order valence-corrected chi connectivity index (χ3v) is 7.41. The van der Waals surface area contributed by atoms with Crippen molar-refractivity contribution in [2.45, 2.75) is 50.2 Å². The average molecular weight is 503 g/mol. The van der Waals surface area contributed by atoms with E-state index in [0.29, 0.717) is 30.5 Å². The predicted molar refractivity (Wildman–Crippen MR) is 126 cm³/mol. The molecule has 0 aliphatic heterocycles. The zero-order valence-corrected chi connectivity index (χ0v) is 20.8. The van der Waals surface area contributed by atoms with E-state index in [1.807, 2.05) is 18.2 Å². The molecule has 0 amide bonds. The van der Waals surface area contributed by atoms with Crippen molar-refractivity contribution in [3.05, 3.63) is 53.6 Å². The molecule has 10 heteroatoms. The highest BCUT2D eigenvalue weighted by atomic mass is 32.2. The minimum absolute atomic E-state index is 0.207. The maximum Gasteiger partial charge on any atom is 0.416 e. The third kappa shape index (κ3) is 7.61. The van der Waals surface area contributed by atoms with E-state index in [1.54, 1.807) is 28.1 Å². The summed E-state index contributed by atoms with van der Waals surface area (Å²) in [5, 5.41) is 3.30. The van der Waals surface area contributed by atoms with Crippen LogP contribution in [0, 0.1) is 0 Å². The van der Waals surface area contributed by atoms with Crippen molar-refractivity contribution in [1.29, 1.82) is 0 Å². The molecule has 6 nitrogen and oxygen atoms in total. The number of nitrogens with one attached hydrogen (secondary N) is 1. The Balaban J connectivity index is 1.85. The minimum atomic E-state index is -4.60. The van der Waals surface area contributed by atoms with Gasteiger partial charge in [-0.25, -0.2) is 8.42 Å². The van der Waals surface area contributed by atoms with Crippen LogP contribution in [0.1, 0.15) is 37.8 Å². The Kier molecular flexibility index (Phi) is 10.2. The van der Waals surface area contributed by atoms with E-state index in [4.69, 9.17) is 9.47 Å². The monoisotopic (exact) mass is 502 g/mol. The number of sulfonamides is 1. The summed E-state index contributed by atoms with van der Waals surface area (Å²) in [4.78, 5) is -0.348. The zero-order valence-electron chi connectivity index (χ0n) is 20.0. The Morgan fingerprint density at radius 3 is 2.26 bits per heavy atom. The van der Waals surface area contributed by atoms with Crippen LogP contribution >= 0.6 is 0 Å². The Morgan fingerprint density at radius 1 is 0.971 bits per heavy atom. The molecule has 34 heavy (non-hydrogen) atoms. The lowest BCUT2D eigenvalue weighted by atomic mass is 10.1. The molecule has 0 aliphatic rings. The van der Waals surface area contributed by atoms with Gasteiger partial charge in [0.2, 0.25) is 10.0 Å². The summed E-state index contributed by atoms with van der Waals surface area (Å²) < 4.78 is 76.8. The molecular formula is C24H33F3N2O4S. The van der Waals surface area contributed by atoms with Gasteiger partial charge in [0.1, 0.15) is 0 Å². The van der Waals surface area contributed by atoms with E-state index in [0.717, 1.165) is 37.1 Å². The average Bonchev–Trinajstić information content (AvgIpc) is 2.79. The summed E-state index contributed by atoms with van der Waals surface area (Å²) >= 11 is 0. The second-order valence-electron chi connectivity index (χ2n) is 8.13. The molecule has 0 atom stereocenters. The lowest BCUT2D eigenvalue weighted by Gasteiger charge is -2.26. The third-order valence-electron chi connectivity index (χ3n) is 5.34. The van der Waals surface area contributed by atoms with Crippen LogP contribution in [0.4, 0.5) is 13.2 Å². The number of aryl methyl sites for hydroxylation is 1. The van der Waals surface area contributed by atoms with Gasteiger partial charge in [0, 0.05) is 12.6 Å². The number of hydrogen-bond acceptors (Lipinski definition) is 5. The summed E-state index contributed by atoms with van der Waals surface area (Å²) in [6, 6.07) is 9.29. The molecule has 2 aromatic rings. The SMILES string of the molecule is COc1ccc(CCCNCCCN(C(C)C)S(=O)(=O)c2cccc(C(F)(F)F)c2)cc1OC. The van der Waals surface area contributed by atoms with Crippen molar-refractivity contribution in [2.24, 2.45) is 0 Å². The number of benzene rings is 2. The Bertz CT molecular complexity index is 1030. The van der Waals surface area contributed by atoms with E-state index in [2.05, 4.69) is 5.32 Å². The van der Waals surface area contributed by atoms with Crippen LogP contribution in [0.5, 0.6) is 11.5 Å². The van der Waals surface area contributed by atoms with Gasteiger partial charge >= 0.3 is 6.18 Å². The largest absolute Gasteiger partial charge is 0.493 e. The highest BCUT2D eigenvalue weighted by Crippen LogP contribution is 2.31. The van der Waals surface area contributed by atoms with Crippen molar-refractivity contribution < 1.29 is 31.1 Å². The Hall–Kier alpha value is -2.30. The maximum absolute atomic E-state index is 13.0. The van der Waals surface area contributed by atoms with Gasteiger partial charge in [-0.2, -0.15) is 17.5 Å². The van der Waals surface area contributed by atoms with Gasteiger partial charge in [-0.1, -0.05) is 12.1 Å². The Morgan fingerprint density at radius 2 is 1.65 bits per heavy atom. The smallest absolute Gasteiger partial charge is 0.416 e. The number of alkyl halides is 3. The van der Waals surface area contributed by atoms with Crippen LogP contribution < -0.4 is 14.8 Å². The molecule has 0 aliphatic carbocycles. The molecule has 0 aromatic heterocycles. The molecule has 0 fully saturated rings. The first kappa shape index (κ1) is 27.9. The minimum Gasteiger partial charge on any atom is -0.493 e. The zero-order chi connectivity index (χ0) is 25.4. The van der Waals surface area contributed by atoms with Crippen molar-refractivity contribution in [3.63, 3.8) is 0 Å². The van der Waals surface area contributed by atoms with Gasteiger partial charge in [0.05, 0.1) is 24.7 Å². The number of ether oxygens (including phenoxy) is 2. The van der Waals surface area contributed by atoms with Gasteiger partial charge in [-0.15, -0.1) is 0 Å². The van der Waals surface area contributed by atoms with Gasteiger partial charge in [-0.3, -0.25) is 0 Å². The van der Waals surface area contributed by atoms with Crippen LogP contribution in [-0.4, -0.2) is 52.6 Å². The first-order valence-corrected chi connectivity index (χ1v) is 12.6. The number of methoxy groups -OCH3 is 2. The molecule has 1 N–H and O–H groups in total. The normalized spacial score (nSPS) is 12.4. The fourth-order valence-electron chi connectivity index (χ4n) is 3.56. The van der Waals surface area contributed by atoms with Crippen molar-refractivity contribution >= 4 is 10.0 Å². The summed E-state index contributed by atoms with van der Waals surface area (Å²) in [5.41, 5.74) is 0.144. The molecule has 2 rings (SSSR count). The first-order chi connectivity index (χ1) is 16.0. The van der Waals surface area contributed by atoms with Crippen LogP contribution in [-0.2, 0) is 22.6 Å². The summed E-state index contributed by atoms with van der Waals surface area (Å²) in [6.45, 7) is 4.96. The molecule has 0 unspecified atom stereocenters. The molecule has 0 bridgehead atoms. The van der Waals surface area contributed by atoms with E-state index in [1.165, 1.54) is 10.4 Å².